The fraction of sp³-hybridized carbons (Fsp3) is 0.312. The number of hydrogen-bond acceptors (Lipinski definition) is 4. The van der Waals surface area contributed by atoms with Crippen molar-refractivity contribution in [2.45, 2.75) is 26.3 Å². The van der Waals surface area contributed by atoms with Crippen LogP contribution in [-0.4, -0.2) is 11.6 Å². The van der Waals surface area contributed by atoms with Crippen molar-refractivity contribution in [3.8, 4) is 5.75 Å². The molecule has 0 aliphatic rings. The number of nitrogens with one attached hydrogen (secondary N) is 1. The van der Waals surface area contributed by atoms with Crippen molar-refractivity contribution in [2.75, 3.05) is 6.61 Å². The van der Waals surface area contributed by atoms with Gasteiger partial charge in [0.1, 0.15) is 5.75 Å². The largest absolute Gasteiger partial charge is 0.492 e. The maximum Gasteiger partial charge on any atom is 0.137 e. The van der Waals surface area contributed by atoms with Gasteiger partial charge in [0.2, 0.25) is 0 Å². The maximum atomic E-state index is 5.77. The molecule has 4 nitrogen and oxygen atoms in total. The number of aryl methyl sites for hydroxylation is 1. The summed E-state index contributed by atoms with van der Waals surface area (Å²) in [6, 6.07) is 10.2. The predicted octanol–water partition coefficient (Wildman–Crippen LogP) is 2.60. The maximum absolute atomic E-state index is 5.77. The summed E-state index contributed by atoms with van der Waals surface area (Å²) in [6.45, 7) is 4.72. The molecule has 0 aliphatic heterocycles. The molecular weight excluding hydrogens is 250 g/mol. The smallest absolute Gasteiger partial charge is 0.137 e. The molecule has 2 rings (SSSR count). The Balaban J connectivity index is 2.39. The third kappa shape index (κ3) is 3.15. The average Bonchev–Trinajstić information content (AvgIpc) is 2.49. The Labute approximate surface area is 120 Å². The van der Waals surface area contributed by atoms with Crippen molar-refractivity contribution in [3.05, 3.63) is 59.4 Å². The van der Waals surface area contributed by atoms with Gasteiger partial charge in [0.25, 0.3) is 0 Å². The minimum atomic E-state index is -0.0842. The summed E-state index contributed by atoms with van der Waals surface area (Å²) < 4.78 is 5.50. The van der Waals surface area contributed by atoms with Gasteiger partial charge in [-0.1, -0.05) is 31.2 Å². The van der Waals surface area contributed by atoms with Crippen molar-refractivity contribution in [1.29, 1.82) is 0 Å². The van der Waals surface area contributed by atoms with Crippen molar-refractivity contribution in [2.24, 2.45) is 5.84 Å². The molecule has 1 heterocycles. The summed E-state index contributed by atoms with van der Waals surface area (Å²) in [4.78, 5) is 4.23. The number of rotatable bonds is 6. The van der Waals surface area contributed by atoms with Gasteiger partial charge >= 0.3 is 0 Å². The normalized spacial score (nSPS) is 12.2. The summed E-state index contributed by atoms with van der Waals surface area (Å²) in [5.74, 6) is 6.53. The lowest BCUT2D eigenvalue weighted by molar-refractivity contribution is 0.338. The Morgan fingerprint density at radius 2 is 2.05 bits per heavy atom. The molecule has 1 aromatic carbocycles. The average molecular weight is 271 g/mol. The van der Waals surface area contributed by atoms with Crippen LogP contribution >= 0.6 is 0 Å². The molecule has 3 N–H and O–H groups in total. The van der Waals surface area contributed by atoms with Gasteiger partial charge in [0.05, 0.1) is 18.8 Å². The lowest BCUT2D eigenvalue weighted by Gasteiger charge is -2.20. The van der Waals surface area contributed by atoms with Gasteiger partial charge in [-0.2, -0.15) is 0 Å². The fourth-order valence-corrected chi connectivity index (χ4v) is 2.34. The van der Waals surface area contributed by atoms with Gasteiger partial charge in [-0.3, -0.25) is 10.8 Å². The molecule has 1 atom stereocenters. The van der Waals surface area contributed by atoms with Crippen molar-refractivity contribution >= 4 is 0 Å². The van der Waals surface area contributed by atoms with Crippen LogP contribution in [0.1, 0.15) is 36.6 Å². The second kappa shape index (κ2) is 7.03. The Bertz CT molecular complexity index is 557. The molecule has 1 aromatic heterocycles. The van der Waals surface area contributed by atoms with Gasteiger partial charge in [-0.15, -0.1) is 0 Å². The van der Waals surface area contributed by atoms with Crippen LogP contribution in [0.3, 0.4) is 0 Å². The first-order chi connectivity index (χ1) is 9.80. The fourth-order valence-electron chi connectivity index (χ4n) is 2.34. The predicted molar refractivity (Wildman–Crippen MR) is 80.4 cm³/mol. The van der Waals surface area contributed by atoms with E-state index in [9.17, 15) is 0 Å². The summed E-state index contributed by atoms with van der Waals surface area (Å²) in [7, 11) is 0. The number of hydrazine groups is 1. The second-order valence-corrected chi connectivity index (χ2v) is 4.54. The van der Waals surface area contributed by atoms with E-state index in [4.69, 9.17) is 10.6 Å². The molecule has 106 valence electrons. The third-order valence-corrected chi connectivity index (χ3v) is 3.29. The number of aromatic nitrogens is 1. The lowest BCUT2D eigenvalue weighted by Crippen LogP contribution is -2.29. The monoisotopic (exact) mass is 271 g/mol. The van der Waals surface area contributed by atoms with Crippen LogP contribution < -0.4 is 16.0 Å². The van der Waals surface area contributed by atoms with E-state index in [0.717, 1.165) is 17.7 Å². The highest BCUT2D eigenvalue weighted by atomic mass is 16.5. The first-order valence-corrected chi connectivity index (χ1v) is 6.91. The van der Waals surface area contributed by atoms with Gasteiger partial charge in [0.15, 0.2) is 0 Å². The Morgan fingerprint density at radius 1 is 1.25 bits per heavy atom. The van der Waals surface area contributed by atoms with Gasteiger partial charge in [0, 0.05) is 6.20 Å². The quantitative estimate of drug-likeness (QED) is 0.626. The molecule has 0 aliphatic carbocycles. The molecule has 1 unspecified atom stereocenters. The molecule has 0 radical (unpaired) electrons. The number of nitrogens with zero attached hydrogens (tertiary/aromatic N) is 1. The molecule has 4 heteroatoms. The van der Waals surface area contributed by atoms with E-state index < -0.39 is 0 Å². The molecule has 0 saturated carbocycles. The molecule has 0 fully saturated rings. The van der Waals surface area contributed by atoms with Crippen LogP contribution in [0, 0.1) is 0 Å². The van der Waals surface area contributed by atoms with Crippen LogP contribution in [0.25, 0.3) is 0 Å². The van der Waals surface area contributed by atoms with E-state index in [1.165, 1.54) is 11.1 Å². The molecule has 20 heavy (non-hydrogen) atoms. The summed E-state index contributed by atoms with van der Waals surface area (Å²) >= 11 is 0. The van der Waals surface area contributed by atoms with Gasteiger partial charge < -0.3 is 4.74 Å². The Kier molecular flexibility index (Phi) is 5.09. The number of hydrogen-bond donors (Lipinski definition) is 2. The zero-order valence-electron chi connectivity index (χ0n) is 12.0. The number of benzene rings is 1. The van der Waals surface area contributed by atoms with E-state index in [2.05, 4.69) is 29.5 Å². The van der Waals surface area contributed by atoms with Crippen molar-refractivity contribution < 1.29 is 4.74 Å². The van der Waals surface area contributed by atoms with Gasteiger partial charge in [-0.05, 0) is 36.1 Å². The summed E-state index contributed by atoms with van der Waals surface area (Å²) in [5.41, 5.74) is 6.33. The van der Waals surface area contributed by atoms with E-state index >= 15 is 0 Å². The standard InChI is InChI=1S/C16H21N3O/c1-3-12-7-5-6-8-15(12)16(19-17)13-9-14(20-4-2)11-18-10-13/h5-11,16,19H,3-4,17H2,1-2H3. The summed E-state index contributed by atoms with van der Waals surface area (Å²) in [5, 5.41) is 0. The number of pyridine rings is 1. The van der Waals surface area contributed by atoms with Crippen LogP contribution in [-0.2, 0) is 6.42 Å². The minimum Gasteiger partial charge on any atom is -0.492 e. The highest BCUT2D eigenvalue weighted by Gasteiger charge is 2.16. The van der Waals surface area contributed by atoms with Crippen LogP contribution in [0.4, 0.5) is 0 Å². The van der Waals surface area contributed by atoms with E-state index in [1.807, 2.05) is 31.3 Å². The molecular formula is C16H21N3O. The zero-order chi connectivity index (χ0) is 14.4. The first-order valence-electron chi connectivity index (χ1n) is 6.91. The van der Waals surface area contributed by atoms with Crippen molar-refractivity contribution in [1.82, 2.24) is 10.4 Å². The highest BCUT2D eigenvalue weighted by molar-refractivity contribution is 5.38. The molecule has 0 spiro atoms. The first kappa shape index (κ1) is 14.5. The SMILES string of the molecule is CCOc1cncc(C(NN)c2ccccc2CC)c1. The number of ether oxygens (including phenoxy) is 1. The van der Waals surface area contributed by atoms with E-state index in [-0.39, 0.29) is 6.04 Å². The van der Waals surface area contributed by atoms with Crippen LogP contribution in [0.15, 0.2) is 42.7 Å². The van der Waals surface area contributed by atoms with Crippen LogP contribution in [0.2, 0.25) is 0 Å². The highest BCUT2D eigenvalue weighted by Crippen LogP contribution is 2.26. The third-order valence-electron chi connectivity index (χ3n) is 3.29. The molecule has 2 aromatic rings. The molecule has 0 bridgehead atoms. The van der Waals surface area contributed by atoms with Gasteiger partial charge in [-0.25, -0.2) is 5.43 Å². The van der Waals surface area contributed by atoms with Crippen LogP contribution in [0.5, 0.6) is 5.75 Å². The van der Waals surface area contributed by atoms with Crippen molar-refractivity contribution in [3.63, 3.8) is 0 Å². The Morgan fingerprint density at radius 3 is 2.75 bits per heavy atom. The number of nitrogens with two attached hydrogens (primary N) is 1. The Hall–Kier alpha value is -1.91. The summed E-state index contributed by atoms with van der Waals surface area (Å²) in [6.07, 6.45) is 4.50. The second-order valence-electron chi connectivity index (χ2n) is 4.54. The van der Waals surface area contributed by atoms with E-state index in [1.54, 1.807) is 6.20 Å². The zero-order valence-corrected chi connectivity index (χ0v) is 12.0. The minimum absolute atomic E-state index is 0.0842. The molecule has 0 saturated heterocycles. The molecule has 0 amide bonds. The lowest BCUT2D eigenvalue weighted by atomic mass is 9.94. The topological polar surface area (TPSA) is 60.2 Å². The van der Waals surface area contributed by atoms with E-state index in [0.29, 0.717) is 6.61 Å².